The third-order valence-electron chi connectivity index (χ3n) is 6.73. The highest BCUT2D eigenvalue weighted by atomic mass is 35.5. The lowest BCUT2D eigenvalue weighted by atomic mass is 9.99. The zero-order chi connectivity index (χ0) is 24.7. The summed E-state index contributed by atoms with van der Waals surface area (Å²) in [6.45, 7) is 4.04. The van der Waals surface area contributed by atoms with Crippen LogP contribution in [0.1, 0.15) is 19.3 Å². The number of hydrogen-bond donors (Lipinski definition) is 0. The number of ether oxygens (including phenoxy) is 4. The Morgan fingerprint density at radius 3 is 2.16 bits per heavy atom. The first kappa shape index (κ1) is 26.6. The Kier molecular flexibility index (Phi) is 9.15. The van der Waals surface area contributed by atoms with E-state index in [0.717, 1.165) is 57.2 Å². The molecule has 5 rings (SSSR count). The molecule has 1 aliphatic rings. The molecule has 1 saturated heterocycles. The lowest BCUT2D eigenvalue weighted by Crippen LogP contribution is -2.33. The number of rotatable bonds is 9. The van der Waals surface area contributed by atoms with Gasteiger partial charge in [0, 0.05) is 17.5 Å². The van der Waals surface area contributed by atoms with Crippen molar-refractivity contribution in [3.8, 4) is 39.9 Å². The lowest BCUT2D eigenvalue weighted by Gasteiger charge is -2.26. The van der Waals surface area contributed by atoms with Crippen molar-refractivity contribution in [2.45, 2.75) is 19.3 Å². The average molecular weight is 520 g/mol. The van der Waals surface area contributed by atoms with Gasteiger partial charge in [-0.2, -0.15) is 0 Å². The van der Waals surface area contributed by atoms with Crippen molar-refractivity contribution in [1.82, 2.24) is 4.90 Å². The molecule has 37 heavy (non-hydrogen) atoms. The van der Waals surface area contributed by atoms with Gasteiger partial charge in [0.15, 0.2) is 0 Å². The Morgan fingerprint density at radius 1 is 0.703 bits per heavy atom. The molecule has 0 radical (unpaired) electrons. The summed E-state index contributed by atoms with van der Waals surface area (Å²) in [5.41, 5.74) is 2.02. The van der Waals surface area contributed by atoms with Crippen LogP contribution in [0.4, 0.5) is 0 Å². The molecule has 4 aromatic rings. The van der Waals surface area contributed by atoms with Crippen LogP contribution in [0.5, 0.6) is 28.7 Å². The van der Waals surface area contributed by atoms with Crippen LogP contribution >= 0.6 is 12.4 Å². The van der Waals surface area contributed by atoms with E-state index >= 15 is 0 Å². The zero-order valence-electron chi connectivity index (χ0n) is 21.4. The van der Waals surface area contributed by atoms with Gasteiger partial charge in [0.2, 0.25) is 0 Å². The summed E-state index contributed by atoms with van der Waals surface area (Å²) in [4.78, 5) is 2.48. The van der Waals surface area contributed by atoms with Gasteiger partial charge in [0.1, 0.15) is 35.4 Å². The van der Waals surface area contributed by atoms with Crippen LogP contribution in [0, 0.1) is 0 Å². The van der Waals surface area contributed by atoms with Gasteiger partial charge in [-0.3, -0.25) is 4.90 Å². The van der Waals surface area contributed by atoms with Crippen LogP contribution in [0.3, 0.4) is 0 Å². The minimum atomic E-state index is 0. The van der Waals surface area contributed by atoms with E-state index < -0.39 is 0 Å². The molecule has 0 N–H and O–H groups in total. The minimum Gasteiger partial charge on any atom is -0.497 e. The van der Waals surface area contributed by atoms with Gasteiger partial charge in [-0.05, 0) is 97.5 Å². The molecule has 0 aromatic heterocycles. The SMILES string of the molecule is COc1cccc(-c2ccc3cc(OC)ccc3c2Oc2ccc(OCCN3CCCCC3)cc2)c1.Cl. The Hall–Kier alpha value is -3.41. The maximum atomic E-state index is 6.53. The molecular weight excluding hydrogens is 486 g/mol. The summed E-state index contributed by atoms with van der Waals surface area (Å²) < 4.78 is 23.4. The fraction of sp³-hybridized carbons (Fsp3) is 0.290. The second kappa shape index (κ2) is 12.7. The molecular formula is C31H34ClNO4. The normalized spacial score (nSPS) is 13.6. The van der Waals surface area contributed by atoms with Gasteiger partial charge in [0.25, 0.3) is 0 Å². The number of hydrogen-bond acceptors (Lipinski definition) is 5. The lowest BCUT2D eigenvalue weighted by molar-refractivity contribution is 0.183. The first-order valence-corrected chi connectivity index (χ1v) is 12.6. The summed E-state index contributed by atoms with van der Waals surface area (Å²) in [5, 5.41) is 2.06. The Labute approximate surface area is 225 Å². The van der Waals surface area contributed by atoms with Crippen molar-refractivity contribution >= 4 is 23.2 Å². The fourth-order valence-corrected chi connectivity index (χ4v) is 4.73. The number of nitrogens with zero attached hydrogens (tertiary/aromatic N) is 1. The van der Waals surface area contributed by atoms with Crippen molar-refractivity contribution in [1.29, 1.82) is 0 Å². The summed E-state index contributed by atoms with van der Waals surface area (Å²) in [7, 11) is 3.36. The van der Waals surface area contributed by atoms with Crippen molar-refractivity contribution in [3.05, 3.63) is 78.9 Å². The third-order valence-corrected chi connectivity index (χ3v) is 6.73. The molecule has 4 aromatic carbocycles. The first-order valence-electron chi connectivity index (χ1n) is 12.6. The van der Waals surface area contributed by atoms with Gasteiger partial charge < -0.3 is 18.9 Å². The molecule has 0 atom stereocenters. The van der Waals surface area contributed by atoms with Crippen molar-refractivity contribution < 1.29 is 18.9 Å². The van der Waals surface area contributed by atoms with Crippen molar-refractivity contribution in [2.24, 2.45) is 0 Å². The maximum Gasteiger partial charge on any atom is 0.143 e. The highest BCUT2D eigenvalue weighted by Crippen LogP contribution is 2.41. The molecule has 6 heteroatoms. The summed E-state index contributed by atoms with van der Waals surface area (Å²) >= 11 is 0. The van der Waals surface area contributed by atoms with Crippen LogP contribution < -0.4 is 18.9 Å². The molecule has 0 spiro atoms. The second-order valence-corrected chi connectivity index (χ2v) is 9.09. The van der Waals surface area contributed by atoms with E-state index in [2.05, 4.69) is 23.1 Å². The predicted octanol–water partition coefficient (Wildman–Crippen LogP) is 7.60. The summed E-state index contributed by atoms with van der Waals surface area (Å²) in [6, 6.07) is 26.1. The molecule has 0 saturated carbocycles. The smallest absolute Gasteiger partial charge is 0.143 e. The first-order chi connectivity index (χ1) is 17.7. The van der Waals surface area contributed by atoms with Gasteiger partial charge in [0.05, 0.1) is 14.2 Å². The highest BCUT2D eigenvalue weighted by molar-refractivity contribution is 5.96. The molecule has 0 aliphatic carbocycles. The third kappa shape index (κ3) is 6.48. The molecule has 1 heterocycles. The minimum absolute atomic E-state index is 0. The van der Waals surface area contributed by atoms with E-state index in [1.54, 1.807) is 14.2 Å². The van der Waals surface area contributed by atoms with Gasteiger partial charge >= 0.3 is 0 Å². The number of piperidine rings is 1. The molecule has 1 aliphatic heterocycles. The quantitative estimate of drug-likeness (QED) is 0.227. The van der Waals surface area contributed by atoms with E-state index in [0.29, 0.717) is 6.61 Å². The van der Waals surface area contributed by atoms with Crippen LogP contribution in [-0.2, 0) is 0 Å². The highest BCUT2D eigenvalue weighted by Gasteiger charge is 2.14. The van der Waals surface area contributed by atoms with E-state index in [1.165, 1.54) is 32.4 Å². The number of likely N-dealkylation sites (tertiary alicyclic amines) is 1. The average Bonchev–Trinajstić information content (AvgIpc) is 2.94. The standard InChI is InChI=1S/C31H33NO4.ClH/c1-33-27-8-6-7-23(21-27)29-15-9-24-22-28(34-2)14-16-30(24)31(29)36-26-12-10-25(11-13-26)35-20-19-32-17-4-3-5-18-32;/h6-16,21-22H,3-5,17-20H2,1-2H3;1H. The molecule has 0 unspecified atom stereocenters. The van der Waals surface area contributed by atoms with E-state index in [1.807, 2.05) is 60.7 Å². The number of fused-ring (bicyclic) bond motifs is 1. The largest absolute Gasteiger partial charge is 0.497 e. The van der Waals surface area contributed by atoms with Gasteiger partial charge in [-0.25, -0.2) is 0 Å². The van der Waals surface area contributed by atoms with Crippen molar-refractivity contribution in [2.75, 3.05) is 40.5 Å². The monoisotopic (exact) mass is 519 g/mol. The Balaban J connectivity index is 0.00000320. The van der Waals surface area contributed by atoms with Crippen LogP contribution in [0.2, 0.25) is 0 Å². The summed E-state index contributed by atoms with van der Waals surface area (Å²) in [5.74, 6) is 4.02. The van der Waals surface area contributed by atoms with Crippen LogP contribution in [-0.4, -0.2) is 45.4 Å². The van der Waals surface area contributed by atoms with Gasteiger partial charge in [-0.15, -0.1) is 12.4 Å². The van der Waals surface area contributed by atoms with E-state index in [4.69, 9.17) is 18.9 Å². The maximum absolute atomic E-state index is 6.53. The van der Waals surface area contributed by atoms with E-state index in [9.17, 15) is 0 Å². The number of benzene rings is 4. The molecule has 5 nitrogen and oxygen atoms in total. The molecule has 0 bridgehead atoms. The topological polar surface area (TPSA) is 40.2 Å². The second-order valence-electron chi connectivity index (χ2n) is 9.09. The predicted molar refractivity (Wildman–Crippen MR) is 152 cm³/mol. The fourth-order valence-electron chi connectivity index (χ4n) is 4.73. The summed E-state index contributed by atoms with van der Waals surface area (Å²) in [6.07, 6.45) is 3.94. The van der Waals surface area contributed by atoms with Crippen molar-refractivity contribution in [3.63, 3.8) is 0 Å². The number of halogens is 1. The van der Waals surface area contributed by atoms with Gasteiger partial charge in [-0.1, -0.05) is 24.6 Å². The molecule has 1 fully saturated rings. The van der Waals surface area contributed by atoms with E-state index in [-0.39, 0.29) is 12.4 Å². The Morgan fingerprint density at radius 2 is 1.41 bits per heavy atom. The van der Waals surface area contributed by atoms with Crippen LogP contribution in [0.25, 0.3) is 21.9 Å². The number of methoxy groups -OCH3 is 2. The van der Waals surface area contributed by atoms with Crippen LogP contribution in [0.15, 0.2) is 78.9 Å². The molecule has 194 valence electrons. The Bertz CT molecular complexity index is 1300. The zero-order valence-corrected chi connectivity index (χ0v) is 22.3. The molecule has 0 amide bonds.